The van der Waals surface area contributed by atoms with Crippen LogP contribution in [-0.2, 0) is 22.3 Å². The summed E-state index contributed by atoms with van der Waals surface area (Å²) in [6.07, 6.45) is -1.09. The molecule has 2 heterocycles. The van der Waals surface area contributed by atoms with E-state index in [0.29, 0.717) is 18.9 Å². The lowest BCUT2D eigenvalue weighted by atomic mass is 9.84. The number of carbonyl (C=O) groups is 1. The Balaban J connectivity index is 1.60. The predicted octanol–water partition coefficient (Wildman–Crippen LogP) is 4.63. The van der Waals surface area contributed by atoms with Crippen molar-refractivity contribution in [3.63, 3.8) is 0 Å². The van der Waals surface area contributed by atoms with Gasteiger partial charge in [0.2, 0.25) is 0 Å². The molecule has 1 saturated heterocycles. The molecule has 27 heavy (non-hydrogen) atoms. The maximum absolute atomic E-state index is 13.3. The maximum atomic E-state index is 13.3. The first-order valence-electron chi connectivity index (χ1n) is 9.16. The fourth-order valence-corrected chi connectivity index (χ4v) is 4.30. The molecule has 1 aromatic rings. The van der Waals surface area contributed by atoms with Gasteiger partial charge in [0.1, 0.15) is 11.4 Å². The molecule has 2 fully saturated rings. The van der Waals surface area contributed by atoms with Crippen LogP contribution >= 0.6 is 11.6 Å². The molecular weight excluding hydrogens is 383 g/mol. The molecular formula is C19H21ClF3NO3. The summed E-state index contributed by atoms with van der Waals surface area (Å²) in [6.45, 7) is 2.61. The fraction of sp³-hybridized carbons (Fsp3) is 0.632. The molecule has 3 aliphatic rings. The highest BCUT2D eigenvalue weighted by molar-refractivity contribution is 6.32. The first-order chi connectivity index (χ1) is 12.7. The van der Waals surface area contributed by atoms with Gasteiger partial charge in [0.15, 0.2) is 6.73 Å². The molecule has 1 aliphatic carbocycles. The predicted molar refractivity (Wildman–Crippen MR) is 92.3 cm³/mol. The molecule has 8 heteroatoms. The molecule has 4 rings (SSSR count). The SMILES string of the molecule is CC1CCC(C(=O)N2COc3c(Cl)cc(C(F)(F)F)cc3C2)(C2CC2)OC1. The lowest BCUT2D eigenvalue weighted by molar-refractivity contribution is -0.177. The van der Waals surface area contributed by atoms with Gasteiger partial charge in [-0.3, -0.25) is 4.79 Å². The highest BCUT2D eigenvalue weighted by atomic mass is 35.5. The van der Waals surface area contributed by atoms with Crippen LogP contribution in [0.5, 0.6) is 5.75 Å². The number of alkyl halides is 3. The van der Waals surface area contributed by atoms with E-state index < -0.39 is 17.3 Å². The van der Waals surface area contributed by atoms with E-state index in [4.69, 9.17) is 21.1 Å². The largest absolute Gasteiger partial charge is 0.471 e. The minimum absolute atomic E-state index is 0.0329. The normalized spacial score (nSPS) is 28.5. The van der Waals surface area contributed by atoms with Crippen molar-refractivity contribution in [1.29, 1.82) is 0 Å². The summed E-state index contributed by atoms with van der Waals surface area (Å²) in [7, 11) is 0. The van der Waals surface area contributed by atoms with Gasteiger partial charge in [-0.25, -0.2) is 0 Å². The molecule has 0 bridgehead atoms. The van der Waals surface area contributed by atoms with E-state index in [-0.39, 0.29) is 41.4 Å². The van der Waals surface area contributed by atoms with Crippen LogP contribution in [0.1, 0.15) is 43.7 Å². The first-order valence-corrected chi connectivity index (χ1v) is 9.54. The summed E-state index contributed by atoms with van der Waals surface area (Å²) in [5, 5.41) is -0.0911. The minimum Gasteiger partial charge on any atom is -0.471 e. The van der Waals surface area contributed by atoms with Crippen molar-refractivity contribution in [2.24, 2.45) is 11.8 Å². The molecule has 1 saturated carbocycles. The third-order valence-corrected chi connectivity index (χ3v) is 5.97. The van der Waals surface area contributed by atoms with Gasteiger partial charge in [0, 0.05) is 5.56 Å². The molecule has 148 valence electrons. The lowest BCUT2D eigenvalue weighted by Gasteiger charge is -2.42. The summed E-state index contributed by atoms with van der Waals surface area (Å²) < 4.78 is 50.9. The van der Waals surface area contributed by atoms with Gasteiger partial charge in [-0.2, -0.15) is 13.2 Å². The first kappa shape index (κ1) is 18.9. The van der Waals surface area contributed by atoms with E-state index in [9.17, 15) is 18.0 Å². The van der Waals surface area contributed by atoms with Crippen LogP contribution in [-0.4, -0.2) is 29.7 Å². The number of nitrogens with zero attached hydrogens (tertiary/aromatic N) is 1. The Morgan fingerprint density at radius 2 is 2.04 bits per heavy atom. The van der Waals surface area contributed by atoms with Crippen LogP contribution in [0.4, 0.5) is 13.2 Å². The highest BCUT2D eigenvalue weighted by Gasteiger charge is 2.55. The van der Waals surface area contributed by atoms with Crippen LogP contribution < -0.4 is 4.74 Å². The van der Waals surface area contributed by atoms with Crippen molar-refractivity contribution in [2.75, 3.05) is 13.3 Å². The average molecular weight is 404 g/mol. The Labute approximate surface area is 160 Å². The Kier molecular flexibility index (Phi) is 4.58. The second kappa shape index (κ2) is 6.55. The number of amides is 1. The van der Waals surface area contributed by atoms with Crippen molar-refractivity contribution in [3.8, 4) is 5.75 Å². The molecule has 0 spiro atoms. The van der Waals surface area contributed by atoms with E-state index in [1.165, 1.54) is 4.90 Å². The molecule has 0 aromatic heterocycles. The minimum atomic E-state index is -4.51. The van der Waals surface area contributed by atoms with Gasteiger partial charge in [0.05, 0.1) is 23.7 Å². The quantitative estimate of drug-likeness (QED) is 0.722. The van der Waals surface area contributed by atoms with Gasteiger partial charge in [0.25, 0.3) is 5.91 Å². The molecule has 4 nitrogen and oxygen atoms in total. The number of fused-ring (bicyclic) bond motifs is 1. The molecule has 0 N–H and O–H groups in total. The van der Waals surface area contributed by atoms with Crippen molar-refractivity contribution < 1.29 is 27.4 Å². The van der Waals surface area contributed by atoms with Gasteiger partial charge in [-0.05, 0) is 49.7 Å². The highest BCUT2D eigenvalue weighted by Crippen LogP contribution is 2.49. The number of carbonyl (C=O) groups excluding carboxylic acids is 1. The third-order valence-electron chi connectivity index (χ3n) is 5.69. The van der Waals surface area contributed by atoms with E-state index in [1.54, 1.807) is 0 Å². The number of hydrogen-bond donors (Lipinski definition) is 0. The zero-order valence-corrected chi connectivity index (χ0v) is 15.7. The van der Waals surface area contributed by atoms with Gasteiger partial charge in [-0.15, -0.1) is 0 Å². The van der Waals surface area contributed by atoms with Crippen LogP contribution in [0, 0.1) is 11.8 Å². The van der Waals surface area contributed by atoms with E-state index in [2.05, 4.69) is 6.92 Å². The standard InChI is InChI=1S/C19H21ClF3NO3/c1-11-4-5-18(27-9-11,13-2-3-13)17(25)24-8-12-6-14(19(21,22)23)7-15(20)16(12)26-10-24/h6-7,11,13H,2-5,8-10H2,1H3. The second-order valence-corrected chi connectivity index (χ2v) is 8.25. The molecule has 1 amide bonds. The summed E-state index contributed by atoms with van der Waals surface area (Å²) in [5.41, 5.74) is -1.44. The summed E-state index contributed by atoms with van der Waals surface area (Å²) in [6, 6.07) is 1.86. The topological polar surface area (TPSA) is 38.8 Å². The molecule has 2 aliphatic heterocycles. The van der Waals surface area contributed by atoms with E-state index in [0.717, 1.165) is 31.4 Å². The smallest absolute Gasteiger partial charge is 0.416 e. The molecule has 2 unspecified atom stereocenters. The number of halogens is 4. The second-order valence-electron chi connectivity index (χ2n) is 7.84. The Bertz CT molecular complexity index is 755. The van der Waals surface area contributed by atoms with Crippen LogP contribution in [0.2, 0.25) is 5.02 Å². The van der Waals surface area contributed by atoms with Gasteiger partial charge >= 0.3 is 6.18 Å². The zero-order chi connectivity index (χ0) is 19.4. The van der Waals surface area contributed by atoms with Crippen molar-refractivity contribution in [2.45, 2.75) is 50.9 Å². The van der Waals surface area contributed by atoms with E-state index in [1.807, 2.05) is 0 Å². The van der Waals surface area contributed by atoms with Crippen molar-refractivity contribution >= 4 is 17.5 Å². The monoisotopic (exact) mass is 403 g/mol. The number of ether oxygens (including phenoxy) is 2. The zero-order valence-electron chi connectivity index (χ0n) is 14.9. The van der Waals surface area contributed by atoms with Crippen LogP contribution in [0.15, 0.2) is 12.1 Å². The number of hydrogen-bond acceptors (Lipinski definition) is 3. The summed E-state index contributed by atoms with van der Waals surface area (Å²) >= 11 is 5.98. The van der Waals surface area contributed by atoms with Gasteiger partial charge < -0.3 is 14.4 Å². The van der Waals surface area contributed by atoms with Crippen molar-refractivity contribution in [1.82, 2.24) is 4.90 Å². The molecule has 2 atom stereocenters. The summed E-state index contributed by atoms with van der Waals surface area (Å²) in [4.78, 5) is 14.8. The lowest BCUT2D eigenvalue weighted by Crippen LogP contribution is -2.56. The number of rotatable bonds is 2. The third kappa shape index (κ3) is 3.40. The Morgan fingerprint density at radius 3 is 2.63 bits per heavy atom. The Morgan fingerprint density at radius 1 is 1.30 bits per heavy atom. The average Bonchev–Trinajstić information content (AvgIpc) is 3.46. The van der Waals surface area contributed by atoms with Crippen LogP contribution in [0.25, 0.3) is 0 Å². The molecule has 1 aromatic carbocycles. The number of benzene rings is 1. The van der Waals surface area contributed by atoms with Crippen LogP contribution in [0.3, 0.4) is 0 Å². The molecule has 0 radical (unpaired) electrons. The fourth-order valence-electron chi connectivity index (χ4n) is 4.01. The summed E-state index contributed by atoms with van der Waals surface area (Å²) in [5.74, 6) is 0.614. The Hall–Kier alpha value is -1.47. The maximum Gasteiger partial charge on any atom is 0.416 e. The van der Waals surface area contributed by atoms with E-state index >= 15 is 0 Å². The van der Waals surface area contributed by atoms with Crippen molar-refractivity contribution in [3.05, 3.63) is 28.3 Å². The van der Waals surface area contributed by atoms with Gasteiger partial charge in [-0.1, -0.05) is 18.5 Å².